The number of nitrogens with zero attached hydrogens (tertiary/aromatic N) is 3. The SMILES string of the molecule is CCc1nn2c(=O)cc(COc3cccc(C)c3)nc2s1. The van der Waals surface area contributed by atoms with Crippen LogP contribution in [0.5, 0.6) is 5.75 Å². The van der Waals surface area contributed by atoms with Crippen LogP contribution in [0.2, 0.25) is 0 Å². The summed E-state index contributed by atoms with van der Waals surface area (Å²) in [6, 6.07) is 9.26. The Balaban J connectivity index is 1.85. The van der Waals surface area contributed by atoms with Gasteiger partial charge >= 0.3 is 0 Å². The fourth-order valence-corrected chi connectivity index (χ4v) is 2.83. The van der Waals surface area contributed by atoms with Crippen molar-refractivity contribution >= 4 is 16.3 Å². The molecular formula is C15H15N3O2S. The molecule has 0 radical (unpaired) electrons. The van der Waals surface area contributed by atoms with Crippen LogP contribution in [0.25, 0.3) is 4.96 Å². The minimum atomic E-state index is -0.168. The minimum Gasteiger partial charge on any atom is -0.487 e. The van der Waals surface area contributed by atoms with E-state index < -0.39 is 0 Å². The van der Waals surface area contributed by atoms with Crippen molar-refractivity contribution in [2.45, 2.75) is 26.9 Å². The van der Waals surface area contributed by atoms with Crippen LogP contribution < -0.4 is 10.3 Å². The highest BCUT2D eigenvalue weighted by Crippen LogP contribution is 2.15. The van der Waals surface area contributed by atoms with Crippen molar-refractivity contribution in [1.29, 1.82) is 0 Å². The molecule has 2 heterocycles. The van der Waals surface area contributed by atoms with E-state index in [0.717, 1.165) is 22.7 Å². The molecule has 108 valence electrons. The summed E-state index contributed by atoms with van der Waals surface area (Å²) in [5, 5.41) is 5.12. The molecular weight excluding hydrogens is 286 g/mol. The Morgan fingerprint density at radius 2 is 2.19 bits per heavy atom. The first-order valence-corrected chi connectivity index (χ1v) is 7.55. The molecule has 6 heteroatoms. The molecule has 3 aromatic rings. The zero-order valence-electron chi connectivity index (χ0n) is 11.9. The molecule has 0 atom stereocenters. The van der Waals surface area contributed by atoms with E-state index in [9.17, 15) is 4.79 Å². The van der Waals surface area contributed by atoms with Gasteiger partial charge in [-0.3, -0.25) is 4.79 Å². The van der Waals surface area contributed by atoms with Gasteiger partial charge in [0.05, 0.1) is 5.69 Å². The van der Waals surface area contributed by atoms with E-state index in [4.69, 9.17) is 4.74 Å². The molecule has 0 N–H and O–H groups in total. The summed E-state index contributed by atoms with van der Waals surface area (Å²) < 4.78 is 7.03. The van der Waals surface area contributed by atoms with Gasteiger partial charge in [-0.05, 0) is 31.0 Å². The van der Waals surface area contributed by atoms with Crippen LogP contribution in [0.3, 0.4) is 0 Å². The number of aromatic nitrogens is 3. The van der Waals surface area contributed by atoms with Crippen molar-refractivity contribution in [3.05, 3.63) is 57.0 Å². The van der Waals surface area contributed by atoms with Gasteiger partial charge in [0.1, 0.15) is 17.4 Å². The molecule has 21 heavy (non-hydrogen) atoms. The Morgan fingerprint density at radius 3 is 2.95 bits per heavy atom. The van der Waals surface area contributed by atoms with Crippen LogP contribution in [-0.4, -0.2) is 14.6 Å². The number of ether oxygens (including phenoxy) is 1. The molecule has 0 fully saturated rings. The molecule has 0 aliphatic heterocycles. The highest BCUT2D eigenvalue weighted by molar-refractivity contribution is 7.16. The van der Waals surface area contributed by atoms with Gasteiger partial charge in [0.15, 0.2) is 0 Å². The van der Waals surface area contributed by atoms with Crippen molar-refractivity contribution in [2.24, 2.45) is 0 Å². The van der Waals surface area contributed by atoms with Gasteiger partial charge in [0, 0.05) is 6.07 Å². The first kappa shape index (κ1) is 13.8. The third-order valence-electron chi connectivity index (χ3n) is 3.02. The van der Waals surface area contributed by atoms with Gasteiger partial charge in [-0.1, -0.05) is 30.4 Å². The number of aryl methyl sites for hydroxylation is 2. The van der Waals surface area contributed by atoms with Crippen LogP contribution in [-0.2, 0) is 13.0 Å². The highest BCUT2D eigenvalue weighted by Gasteiger charge is 2.08. The smallest absolute Gasteiger partial charge is 0.275 e. The topological polar surface area (TPSA) is 56.5 Å². The van der Waals surface area contributed by atoms with E-state index in [2.05, 4.69) is 10.1 Å². The summed E-state index contributed by atoms with van der Waals surface area (Å²) in [7, 11) is 0. The molecule has 2 aromatic heterocycles. The van der Waals surface area contributed by atoms with Crippen molar-refractivity contribution in [3.63, 3.8) is 0 Å². The first-order valence-electron chi connectivity index (χ1n) is 6.74. The van der Waals surface area contributed by atoms with Crippen LogP contribution >= 0.6 is 11.3 Å². The van der Waals surface area contributed by atoms with Crippen LogP contribution in [0, 0.1) is 6.92 Å². The van der Waals surface area contributed by atoms with Crippen molar-refractivity contribution in [2.75, 3.05) is 0 Å². The Bertz CT molecular complexity index is 838. The molecule has 0 amide bonds. The maximum atomic E-state index is 12.0. The van der Waals surface area contributed by atoms with Gasteiger partial charge < -0.3 is 4.74 Å². The summed E-state index contributed by atoms with van der Waals surface area (Å²) in [5.41, 5.74) is 1.58. The Kier molecular flexibility index (Phi) is 3.70. The van der Waals surface area contributed by atoms with Gasteiger partial charge in [0.25, 0.3) is 5.56 Å². The first-order chi connectivity index (χ1) is 10.2. The number of hydrogen-bond donors (Lipinski definition) is 0. The Hall–Kier alpha value is -2.21. The number of benzene rings is 1. The lowest BCUT2D eigenvalue weighted by Crippen LogP contribution is -2.16. The van der Waals surface area contributed by atoms with E-state index in [0.29, 0.717) is 10.7 Å². The second-order valence-electron chi connectivity index (χ2n) is 4.73. The average Bonchev–Trinajstić information content (AvgIpc) is 2.89. The lowest BCUT2D eigenvalue weighted by Gasteiger charge is -2.06. The van der Waals surface area contributed by atoms with E-state index in [1.807, 2.05) is 38.1 Å². The van der Waals surface area contributed by atoms with Crippen molar-refractivity contribution < 1.29 is 4.74 Å². The molecule has 1 aromatic carbocycles. The third kappa shape index (κ3) is 2.95. The largest absolute Gasteiger partial charge is 0.487 e. The van der Waals surface area contributed by atoms with Crippen LogP contribution in [0.15, 0.2) is 35.1 Å². The minimum absolute atomic E-state index is 0.168. The number of fused-ring (bicyclic) bond motifs is 1. The van der Waals surface area contributed by atoms with E-state index in [1.54, 1.807) is 0 Å². The summed E-state index contributed by atoms with van der Waals surface area (Å²) >= 11 is 1.43. The predicted molar refractivity (Wildman–Crippen MR) is 82.0 cm³/mol. The number of rotatable bonds is 4. The van der Waals surface area contributed by atoms with Crippen molar-refractivity contribution in [1.82, 2.24) is 14.6 Å². The molecule has 5 nitrogen and oxygen atoms in total. The molecule has 3 rings (SSSR count). The van der Waals surface area contributed by atoms with Gasteiger partial charge in [0.2, 0.25) is 4.96 Å². The van der Waals surface area contributed by atoms with Gasteiger partial charge in [-0.15, -0.1) is 0 Å². The normalized spacial score (nSPS) is 11.0. The summed E-state index contributed by atoms with van der Waals surface area (Å²) in [6.45, 7) is 4.28. The van der Waals surface area contributed by atoms with Crippen LogP contribution in [0.4, 0.5) is 0 Å². The van der Waals surface area contributed by atoms with Crippen LogP contribution in [0.1, 0.15) is 23.2 Å². The zero-order chi connectivity index (χ0) is 14.8. The lowest BCUT2D eigenvalue weighted by molar-refractivity contribution is 0.301. The molecule has 0 saturated carbocycles. The fourth-order valence-electron chi connectivity index (χ4n) is 1.98. The van der Waals surface area contributed by atoms with Gasteiger partial charge in [-0.25, -0.2) is 4.98 Å². The maximum Gasteiger partial charge on any atom is 0.275 e. The second-order valence-corrected chi connectivity index (χ2v) is 5.78. The van der Waals surface area contributed by atoms with Gasteiger partial charge in [-0.2, -0.15) is 9.61 Å². The third-order valence-corrected chi connectivity index (χ3v) is 4.07. The predicted octanol–water partition coefficient (Wildman–Crippen LogP) is 2.60. The molecule has 0 spiro atoms. The van der Waals surface area contributed by atoms with Crippen molar-refractivity contribution in [3.8, 4) is 5.75 Å². The Labute approximate surface area is 125 Å². The quantitative estimate of drug-likeness (QED) is 0.743. The molecule has 0 bridgehead atoms. The second kappa shape index (κ2) is 5.65. The zero-order valence-corrected chi connectivity index (χ0v) is 12.7. The molecule has 0 saturated heterocycles. The molecule has 0 unspecified atom stereocenters. The average molecular weight is 301 g/mol. The summed E-state index contributed by atoms with van der Waals surface area (Å²) in [5.74, 6) is 0.774. The maximum absolute atomic E-state index is 12.0. The fraction of sp³-hybridized carbons (Fsp3) is 0.267. The monoisotopic (exact) mass is 301 g/mol. The highest BCUT2D eigenvalue weighted by atomic mass is 32.1. The molecule has 0 aliphatic carbocycles. The summed E-state index contributed by atoms with van der Waals surface area (Å²) in [4.78, 5) is 17.1. The lowest BCUT2D eigenvalue weighted by atomic mass is 10.2. The number of hydrogen-bond acceptors (Lipinski definition) is 5. The molecule has 0 aliphatic rings. The van der Waals surface area contributed by atoms with E-state index >= 15 is 0 Å². The van der Waals surface area contributed by atoms with E-state index in [-0.39, 0.29) is 12.2 Å². The Morgan fingerprint density at radius 1 is 1.33 bits per heavy atom. The van der Waals surface area contributed by atoms with E-state index in [1.165, 1.54) is 21.9 Å². The summed E-state index contributed by atoms with van der Waals surface area (Å²) in [6.07, 6.45) is 0.794. The standard InChI is InChI=1S/C15H15N3O2S/c1-3-13-17-18-14(19)8-11(16-15(18)21-13)9-20-12-6-4-5-10(2)7-12/h4-8H,3,9H2,1-2H3.